The lowest BCUT2D eigenvalue weighted by atomic mass is 10.3. The molecule has 1 aromatic heterocycles. The molecule has 1 aromatic carbocycles. The smallest absolute Gasteiger partial charge is 0.131 e. The summed E-state index contributed by atoms with van der Waals surface area (Å²) in [5.74, 6) is 0.608. The number of nitriles is 1. The Morgan fingerprint density at radius 2 is 2.00 bits per heavy atom. The molecule has 0 aliphatic carbocycles. The van der Waals surface area contributed by atoms with Gasteiger partial charge in [-0.25, -0.2) is 4.98 Å². The molecule has 0 aliphatic rings. The molecule has 3 nitrogen and oxygen atoms in total. The van der Waals surface area contributed by atoms with Gasteiger partial charge in [-0.2, -0.15) is 5.26 Å². The fraction of sp³-hybridized carbons (Fsp3) is 0. The third-order valence-corrected chi connectivity index (χ3v) is 2.93. The van der Waals surface area contributed by atoms with Crippen molar-refractivity contribution in [3.05, 3.63) is 51.6 Å². The molecule has 0 radical (unpaired) electrons. The van der Waals surface area contributed by atoms with E-state index in [4.69, 9.17) is 16.9 Å². The first-order chi connectivity index (χ1) is 8.19. The quantitative estimate of drug-likeness (QED) is 0.908. The number of aromatic nitrogens is 1. The van der Waals surface area contributed by atoms with Crippen molar-refractivity contribution >= 4 is 39.0 Å². The zero-order valence-corrected chi connectivity index (χ0v) is 11.0. The second-order valence-corrected chi connectivity index (χ2v) is 4.62. The van der Waals surface area contributed by atoms with Crippen molar-refractivity contribution in [2.75, 3.05) is 5.32 Å². The second-order valence-electron chi connectivity index (χ2n) is 3.29. The summed E-state index contributed by atoms with van der Waals surface area (Å²) in [6, 6.07) is 11.3. The third kappa shape index (κ3) is 2.96. The number of hydrogen-bond donors (Lipinski definition) is 1. The summed E-state index contributed by atoms with van der Waals surface area (Å²) in [5.41, 5.74) is 1.27. The second kappa shape index (κ2) is 5.17. The van der Waals surface area contributed by atoms with Crippen LogP contribution in [0.4, 0.5) is 11.5 Å². The molecule has 0 amide bonds. The zero-order chi connectivity index (χ0) is 12.3. The van der Waals surface area contributed by atoms with E-state index in [1.807, 2.05) is 30.3 Å². The molecular weight excluding hydrogens is 302 g/mol. The Morgan fingerprint density at radius 1 is 1.29 bits per heavy atom. The Hall–Kier alpha value is -1.57. The monoisotopic (exact) mass is 307 g/mol. The maximum absolute atomic E-state index is 8.73. The van der Waals surface area contributed by atoms with E-state index in [1.54, 1.807) is 6.07 Å². The lowest BCUT2D eigenvalue weighted by Gasteiger charge is -2.06. The molecule has 2 aromatic rings. The molecule has 0 atom stereocenters. The summed E-state index contributed by atoms with van der Waals surface area (Å²) < 4.78 is 1.01. The molecule has 0 saturated heterocycles. The molecule has 17 heavy (non-hydrogen) atoms. The van der Waals surface area contributed by atoms with Crippen molar-refractivity contribution in [1.82, 2.24) is 4.98 Å². The van der Waals surface area contributed by atoms with Crippen LogP contribution in [0.3, 0.4) is 0 Å². The van der Waals surface area contributed by atoms with Gasteiger partial charge < -0.3 is 5.32 Å². The van der Waals surface area contributed by atoms with Crippen molar-refractivity contribution in [3.8, 4) is 6.07 Å². The Balaban J connectivity index is 2.22. The Labute approximate surface area is 112 Å². The van der Waals surface area contributed by atoms with Crippen molar-refractivity contribution in [3.63, 3.8) is 0 Å². The lowest BCUT2D eigenvalue weighted by molar-refractivity contribution is 1.29. The molecule has 1 N–H and O–H groups in total. The Bertz CT molecular complexity index is 575. The summed E-state index contributed by atoms with van der Waals surface area (Å²) in [6.07, 6.45) is 1.45. The average Bonchev–Trinajstić information content (AvgIpc) is 2.32. The molecule has 0 saturated carbocycles. The first-order valence-electron chi connectivity index (χ1n) is 4.77. The largest absolute Gasteiger partial charge is 0.340 e. The first-order valence-corrected chi connectivity index (χ1v) is 5.94. The number of pyridine rings is 1. The topological polar surface area (TPSA) is 48.7 Å². The van der Waals surface area contributed by atoms with Crippen molar-refractivity contribution < 1.29 is 0 Å². The van der Waals surface area contributed by atoms with Gasteiger partial charge in [-0.1, -0.05) is 27.5 Å². The summed E-state index contributed by atoms with van der Waals surface area (Å²) in [4.78, 5) is 4.10. The van der Waals surface area contributed by atoms with E-state index in [0.29, 0.717) is 16.4 Å². The lowest BCUT2D eigenvalue weighted by Crippen LogP contribution is -1.94. The molecule has 5 heteroatoms. The van der Waals surface area contributed by atoms with Crippen LogP contribution in [-0.2, 0) is 0 Å². The van der Waals surface area contributed by atoms with Crippen LogP contribution in [0.15, 0.2) is 41.0 Å². The van der Waals surface area contributed by atoms with Gasteiger partial charge in [-0.05, 0) is 24.3 Å². The van der Waals surface area contributed by atoms with Crippen LogP contribution in [-0.4, -0.2) is 4.98 Å². The summed E-state index contributed by atoms with van der Waals surface area (Å²) in [7, 11) is 0. The summed E-state index contributed by atoms with van der Waals surface area (Å²) in [5, 5.41) is 12.2. The third-order valence-electron chi connectivity index (χ3n) is 2.09. The van der Waals surface area contributed by atoms with Crippen LogP contribution in [0.1, 0.15) is 5.56 Å². The molecule has 1 heterocycles. The van der Waals surface area contributed by atoms with E-state index >= 15 is 0 Å². The van der Waals surface area contributed by atoms with Crippen LogP contribution in [0, 0.1) is 11.3 Å². The molecule has 0 aliphatic heterocycles. The van der Waals surface area contributed by atoms with Gasteiger partial charge in [0.2, 0.25) is 0 Å². The summed E-state index contributed by atoms with van der Waals surface area (Å²) >= 11 is 9.27. The van der Waals surface area contributed by atoms with Gasteiger partial charge in [-0.15, -0.1) is 0 Å². The van der Waals surface area contributed by atoms with Crippen LogP contribution >= 0.6 is 27.5 Å². The fourth-order valence-corrected chi connectivity index (χ4v) is 1.72. The predicted molar refractivity (Wildman–Crippen MR) is 71.4 cm³/mol. The van der Waals surface area contributed by atoms with Gasteiger partial charge in [0, 0.05) is 22.4 Å². The van der Waals surface area contributed by atoms with Gasteiger partial charge in [0.05, 0.1) is 10.6 Å². The number of benzene rings is 1. The van der Waals surface area contributed by atoms with Gasteiger partial charge in [-0.3, -0.25) is 0 Å². The SMILES string of the molecule is N#Cc1cnc(Nc2ccc(Br)cc2)cc1Cl. The normalized spacial score (nSPS) is 9.71. The van der Waals surface area contributed by atoms with Gasteiger partial charge in [0.1, 0.15) is 11.9 Å². The van der Waals surface area contributed by atoms with Crippen LogP contribution in [0.5, 0.6) is 0 Å². The summed E-state index contributed by atoms with van der Waals surface area (Å²) in [6.45, 7) is 0. The molecule has 0 unspecified atom stereocenters. The van der Waals surface area contributed by atoms with E-state index in [2.05, 4.69) is 26.2 Å². The van der Waals surface area contributed by atoms with Crippen molar-refractivity contribution in [2.45, 2.75) is 0 Å². The van der Waals surface area contributed by atoms with Crippen molar-refractivity contribution in [1.29, 1.82) is 5.26 Å². The number of rotatable bonds is 2. The first kappa shape index (κ1) is 11.9. The highest BCUT2D eigenvalue weighted by molar-refractivity contribution is 9.10. The predicted octanol–water partition coefficient (Wildman–Crippen LogP) is 4.11. The van der Waals surface area contributed by atoms with E-state index in [-0.39, 0.29) is 0 Å². The fourth-order valence-electron chi connectivity index (χ4n) is 1.26. The van der Waals surface area contributed by atoms with Crippen LogP contribution < -0.4 is 5.32 Å². The Kier molecular flexibility index (Phi) is 3.62. The van der Waals surface area contributed by atoms with E-state index in [0.717, 1.165) is 10.2 Å². The Morgan fingerprint density at radius 3 is 2.59 bits per heavy atom. The van der Waals surface area contributed by atoms with Crippen molar-refractivity contribution in [2.24, 2.45) is 0 Å². The highest BCUT2D eigenvalue weighted by Crippen LogP contribution is 2.21. The minimum absolute atomic E-state index is 0.369. The highest BCUT2D eigenvalue weighted by atomic mass is 79.9. The molecule has 84 valence electrons. The number of anilines is 2. The van der Waals surface area contributed by atoms with Gasteiger partial charge in [0.15, 0.2) is 0 Å². The molecule has 0 spiro atoms. The standard InChI is InChI=1S/C12H7BrClN3/c13-9-1-3-10(4-2-9)17-12-5-11(14)8(6-15)7-16-12/h1-5,7H,(H,16,17). The number of halogens is 2. The minimum Gasteiger partial charge on any atom is -0.340 e. The highest BCUT2D eigenvalue weighted by Gasteiger charge is 2.02. The number of nitrogens with zero attached hydrogens (tertiary/aromatic N) is 2. The number of nitrogens with one attached hydrogen (secondary N) is 1. The van der Waals surface area contributed by atoms with E-state index in [9.17, 15) is 0 Å². The molecular formula is C12H7BrClN3. The number of hydrogen-bond acceptors (Lipinski definition) is 3. The molecule has 0 fully saturated rings. The van der Waals surface area contributed by atoms with Crippen LogP contribution in [0.25, 0.3) is 0 Å². The molecule has 2 rings (SSSR count). The minimum atomic E-state index is 0.369. The van der Waals surface area contributed by atoms with E-state index in [1.165, 1.54) is 6.20 Å². The molecule has 0 bridgehead atoms. The maximum atomic E-state index is 8.73. The van der Waals surface area contributed by atoms with Gasteiger partial charge >= 0.3 is 0 Å². The average molecular weight is 309 g/mol. The zero-order valence-electron chi connectivity index (χ0n) is 8.61. The van der Waals surface area contributed by atoms with Crippen LogP contribution in [0.2, 0.25) is 5.02 Å². The van der Waals surface area contributed by atoms with E-state index < -0.39 is 0 Å². The maximum Gasteiger partial charge on any atom is 0.131 e. The van der Waals surface area contributed by atoms with Gasteiger partial charge in [0.25, 0.3) is 0 Å².